The standard InChI is InChI=1S/C10H9NO.Li/c1-7-5-6-8-3-2-4-9(12)10(8)11-7;/h2-6,12H,1H3;/q;+1/p-1. The molecule has 2 rings (SSSR count). The van der Waals surface area contributed by atoms with E-state index >= 15 is 0 Å². The van der Waals surface area contributed by atoms with Crippen molar-refractivity contribution >= 4 is 10.9 Å². The maximum atomic E-state index is 11.3. The molecule has 0 spiro atoms. The summed E-state index contributed by atoms with van der Waals surface area (Å²) < 4.78 is 0. The van der Waals surface area contributed by atoms with E-state index in [2.05, 4.69) is 4.98 Å². The van der Waals surface area contributed by atoms with Crippen molar-refractivity contribution in [1.29, 1.82) is 0 Å². The molecule has 0 saturated carbocycles. The number of nitrogens with zero attached hydrogens (tertiary/aromatic N) is 1. The first-order valence-electron chi connectivity index (χ1n) is 3.81. The molecule has 0 unspecified atom stereocenters. The molecule has 1 aromatic heterocycles. The number of aryl methyl sites for hydroxylation is 1. The molecule has 0 bridgehead atoms. The van der Waals surface area contributed by atoms with Crippen molar-refractivity contribution in [1.82, 2.24) is 4.98 Å². The molecule has 13 heavy (non-hydrogen) atoms. The molecule has 0 atom stereocenters. The van der Waals surface area contributed by atoms with Crippen molar-refractivity contribution in [2.24, 2.45) is 0 Å². The van der Waals surface area contributed by atoms with Gasteiger partial charge in [0.15, 0.2) is 0 Å². The van der Waals surface area contributed by atoms with Gasteiger partial charge < -0.3 is 5.11 Å². The number of aromatic nitrogens is 1. The molecule has 2 nitrogen and oxygen atoms in total. The minimum absolute atomic E-state index is 0. The summed E-state index contributed by atoms with van der Waals surface area (Å²) in [5.74, 6) is -0.00352. The van der Waals surface area contributed by atoms with Gasteiger partial charge in [-0.05, 0) is 18.4 Å². The van der Waals surface area contributed by atoms with Crippen LogP contribution in [0.2, 0.25) is 0 Å². The summed E-state index contributed by atoms with van der Waals surface area (Å²) in [5.41, 5.74) is 1.45. The van der Waals surface area contributed by atoms with Gasteiger partial charge in [-0.3, -0.25) is 4.98 Å². The zero-order valence-electron chi connectivity index (χ0n) is 7.74. The van der Waals surface area contributed by atoms with Gasteiger partial charge in [-0.25, -0.2) is 0 Å². The molecule has 0 radical (unpaired) electrons. The zero-order valence-corrected chi connectivity index (χ0v) is 7.74. The zero-order chi connectivity index (χ0) is 8.55. The summed E-state index contributed by atoms with van der Waals surface area (Å²) in [5, 5.41) is 12.2. The maximum Gasteiger partial charge on any atom is 1.00 e. The van der Waals surface area contributed by atoms with Crippen molar-refractivity contribution in [2.75, 3.05) is 0 Å². The third-order valence-electron chi connectivity index (χ3n) is 1.82. The van der Waals surface area contributed by atoms with E-state index in [-0.39, 0.29) is 24.6 Å². The van der Waals surface area contributed by atoms with E-state index in [1.165, 1.54) is 6.07 Å². The van der Waals surface area contributed by atoms with Crippen LogP contribution in [0, 0.1) is 6.92 Å². The van der Waals surface area contributed by atoms with Gasteiger partial charge in [-0.2, -0.15) is 0 Å². The number of benzene rings is 1. The van der Waals surface area contributed by atoms with Crippen LogP contribution in [0.15, 0.2) is 30.3 Å². The summed E-state index contributed by atoms with van der Waals surface area (Å²) in [6.45, 7) is 1.88. The van der Waals surface area contributed by atoms with E-state index in [1.54, 1.807) is 6.07 Å². The predicted octanol–water partition coefficient (Wildman–Crippen LogP) is -1.38. The second-order valence-electron chi connectivity index (χ2n) is 2.78. The molecule has 0 saturated heterocycles. The Morgan fingerprint density at radius 2 is 1.92 bits per heavy atom. The molecule has 0 N–H and O–H groups in total. The van der Waals surface area contributed by atoms with E-state index in [0.29, 0.717) is 5.52 Å². The average molecular weight is 165 g/mol. The number of para-hydroxylation sites is 1. The number of hydrogen-bond donors (Lipinski definition) is 0. The van der Waals surface area contributed by atoms with Crippen LogP contribution in [-0.2, 0) is 0 Å². The van der Waals surface area contributed by atoms with E-state index in [9.17, 15) is 5.11 Å². The van der Waals surface area contributed by atoms with Gasteiger partial charge in [0.1, 0.15) is 0 Å². The minimum atomic E-state index is -0.00352. The third-order valence-corrected chi connectivity index (χ3v) is 1.82. The largest absolute Gasteiger partial charge is 1.00 e. The topological polar surface area (TPSA) is 36.0 Å². The molecule has 1 aromatic carbocycles. The SMILES string of the molecule is Cc1ccc2cccc([O-])c2n1.[Li+]. The first-order valence-corrected chi connectivity index (χ1v) is 3.81. The molecule has 3 heteroatoms. The Labute approximate surface area is 88.8 Å². The van der Waals surface area contributed by atoms with E-state index in [1.807, 2.05) is 25.1 Å². The van der Waals surface area contributed by atoms with Crippen LogP contribution in [0.4, 0.5) is 0 Å². The van der Waals surface area contributed by atoms with Crippen LogP contribution >= 0.6 is 0 Å². The smallest absolute Gasteiger partial charge is 0.871 e. The predicted molar refractivity (Wildman–Crippen MR) is 45.9 cm³/mol. The van der Waals surface area contributed by atoms with Crippen molar-refractivity contribution in [3.05, 3.63) is 36.0 Å². The molecule has 0 fully saturated rings. The quantitative estimate of drug-likeness (QED) is 0.451. The second kappa shape index (κ2) is 3.82. The molecule has 1 heterocycles. The van der Waals surface area contributed by atoms with Crippen molar-refractivity contribution < 1.29 is 24.0 Å². The van der Waals surface area contributed by atoms with Gasteiger partial charge >= 0.3 is 18.9 Å². The maximum absolute atomic E-state index is 11.3. The van der Waals surface area contributed by atoms with Gasteiger partial charge in [0.05, 0.1) is 5.52 Å². The van der Waals surface area contributed by atoms with Gasteiger partial charge in [-0.1, -0.05) is 30.0 Å². The monoisotopic (exact) mass is 165 g/mol. The van der Waals surface area contributed by atoms with Crippen LogP contribution < -0.4 is 24.0 Å². The fourth-order valence-electron chi connectivity index (χ4n) is 1.22. The van der Waals surface area contributed by atoms with Gasteiger partial charge in [0.25, 0.3) is 0 Å². The Hall–Kier alpha value is -0.973. The minimum Gasteiger partial charge on any atom is -0.871 e. The molecule has 0 aliphatic carbocycles. The summed E-state index contributed by atoms with van der Waals surface area (Å²) >= 11 is 0. The normalized spacial score (nSPS) is 9.62. The first kappa shape index (κ1) is 10.1. The molecule has 0 aliphatic rings. The molecule has 60 valence electrons. The van der Waals surface area contributed by atoms with Crippen LogP contribution in [0.1, 0.15) is 5.69 Å². The second-order valence-corrected chi connectivity index (χ2v) is 2.78. The van der Waals surface area contributed by atoms with Gasteiger partial charge in [0.2, 0.25) is 0 Å². The average Bonchev–Trinajstić information content (AvgIpc) is 2.07. The third kappa shape index (κ3) is 1.85. The molecule has 2 aromatic rings. The fraction of sp³-hybridized carbons (Fsp3) is 0.100. The van der Waals surface area contributed by atoms with Crippen LogP contribution in [0.5, 0.6) is 5.75 Å². The number of pyridine rings is 1. The summed E-state index contributed by atoms with van der Waals surface area (Å²) in [4.78, 5) is 4.16. The number of hydrogen-bond acceptors (Lipinski definition) is 2. The number of fused-ring (bicyclic) bond motifs is 1. The van der Waals surface area contributed by atoms with Gasteiger partial charge in [-0.15, -0.1) is 0 Å². The van der Waals surface area contributed by atoms with Crippen molar-refractivity contribution in [2.45, 2.75) is 6.92 Å². The van der Waals surface area contributed by atoms with Gasteiger partial charge in [0, 0.05) is 5.69 Å². The summed E-state index contributed by atoms with van der Waals surface area (Å²) in [6.07, 6.45) is 0. The van der Waals surface area contributed by atoms with E-state index in [4.69, 9.17) is 0 Å². The number of rotatable bonds is 0. The first-order chi connectivity index (χ1) is 5.77. The summed E-state index contributed by atoms with van der Waals surface area (Å²) in [6, 6.07) is 9.00. The molecule has 0 aliphatic heterocycles. The Morgan fingerprint density at radius 3 is 2.69 bits per heavy atom. The fourth-order valence-corrected chi connectivity index (χ4v) is 1.22. The Bertz CT molecular complexity index is 428. The van der Waals surface area contributed by atoms with Crippen LogP contribution in [-0.4, -0.2) is 4.98 Å². The summed E-state index contributed by atoms with van der Waals surface area (Å²) in [7, 11) is 0. The molecular weight excluding hydrogens is 157 g/mol. The van der Waals surface area contributed by atoms with E-state index < -0.39 is 0 Å². The van der Waals surface area contributed by atoms with Crippen molar-refractivity contribution in [3.63, 3.8) is 0 Å². The van der Waals surface area contributed by atoms with Crippen LogP contribution in [0.3, 0.4) is 0 Å². The molecular formula is C10H8LiNO. The molecule has 0 amide bonds. The Morgan fingerprint density at radius 1 is 1.15 bits per heavy atom. The Balaban J connectivity index is 0.000000845. The van der Waals surface area contributed by atoms with Crippen LogP contribution in [0.25, 0.3) is 10.9 Å². The Kier molecular flexibility index (Phi) is 2.97. The van der Waals surface area contributed by atoms with E-state index in [0.717, 1.165) is 11.1 Å². The van der Waals surface area contributed by atoms with Crippen molar-refractivity contribution in [3.8, 4) is 5.75 Å².